The van der Waals surface area contributed by atoms with E-state index in [-0.39, 0.29) is 0 Å². The van der Waals surface area contributed by atoms with Gasteiger partial charge < -0.3 is 5.32 Å². The summed E-state index contributed by atoms with van der Waals surface area (Å²) in [5, 5.41) is 3.42. The van der Waals surface area contributed by atoms with Crippen molar-refractivity contribution in [1.29, 1.82) is 0 Å². The first-order valence-electron chi connectivity index (χ1n) is 6.99. The summed E-state index contributed by atoms with van der Waals surface area (Å²) in [5.74, 6) is 1.59. The second-order valence-electron chi connectivity index (χ2n) is 5.82. The lowest BCUT2D eigenvalue weighted by molar-refractivity contribution is 0.293. The van der Waals surface area contributed by atoms with Crippen molar-refractivity contribution in [3.05, 3.63) is 24.3 Å². The summed E-state index contributed by atoms with van der Waals surface area (Å²) in [4.78, 5) is 0.379. The van der Waals surface area contributed by atoms with Crippen molar-refractivity contribution in [2.24, 2.45) is 11.8 Å². The molecule has 0 aromatic heterocycles. The molecular formula is C15H23NO2S. The standard InChI is InChI=1S/C15H23NO2S/c1-12-4-3-5-13(10-12)11-16-14-6-8-15(9-7-14)19(2,17)18/h6-9,12-13,16H,3-5,10-11H2,1-2H3. The highest BCUT2D eigenvalue weighted by Gasteiger charge is 2.18. The minimum absolute atomic E-state index is 0.379. The Hall–Kier alpha value is -1.03. The molecule has 4 heteroatoms. The van der Waals surface area contributed by atoms with Gasteiger partial charge in [-0.2, -0.15) is 0 Å². The van der Waals surface area contributed by atoms with Gasteiger partial charge in [0.15, 0.2) is 9.84 Å². The van der Waals surface area contributed by atoms with Crippen LogP contribution in [-0.4, -0.2) is 21.2 Å². The highest BCUT2D eigenvalue weighted by atomic mass is 32.2. The van der Waals surface area contributed by atoms with Crippen LogP contribution in [0.1, 0.15) is 32.6 Å². The predicted octanol–water partition coefficient (Wildman–Crippen LogP) is 3.33. The molecule has 1 aliphatic carbocycles. The molecule has 0 bridgehead atoms. The maximum Gasteiger partial charge on any atom is 0.175 e. The quantitative estimate of drug-likeness (QED) is 0.921. The first-order valence-corrected chi connectivity index (χ1v) is 8.88. The van der Waals surface area contributed by atoms with Crippen LogP contribution in [-0.2, 0) is 9.84 Å². The van der Waals surface area contributed by atoms with Crippen LogP contribution in [0.5, 0.6) is 0 Å². The molecule has 1 N–H and O–H groups in total. The van der Waals surface area contributed by atoms with E-state index in [1.807, 2.05) is 12.1 Å². The van der Waals surface area contributed by atoms with Crippen LogP contribution in [0.3, 0.4) is 0 Å². The summed E-state index contributed by atoms with van der Waals surface area (Å²) in [7, 11) is -3.09. The van der Waals surface area contributed by atoms with Gasteiger partial charge in [-0.15, -0.1) is 0 Å². The van der Waals surface area contributed by atoms with Gasteiger partial charge in [0, 0.05) is 18.5 Å². The smallest absolute Gasteiger partial charge is 0.175 e. The van der Waals surface area contributed by atoms with E-state index >= 15 is 0 Å². The average molecular weight is 281 g/mol. The lowest BCUT2D eigenvalue weighted by Crippen LogP contribution is -2.20. The van der Waals surface area contributed by atoms with Crippen molar-refractivity contribution in [1.82, 2.24) is 0 Å². The van der Waals surface area contributed by atoms with Crippen LogP contribution in [0, 0.1) is 11.8 Å². The van der Waals surface area contributed by atoms with Crippen LogP contribution in [0.2, 0.25) is 0 Å². The largest absolute Gasteiger partial charge is 0.385 e. The molecule has 2 rings (SSSR count). The fourth-order valence-corrected chi connectivity index (χ4v) is 3.46. The third-order valence-corrected chi connectivity index (χ3v) is 5.05. The van der Waals surface area contributed by atoms with Gasteiger partial charge in [0.25, 0.3) is 0 Å². The summed E-state index contributed by atoms with van der Waals surface area (Å²) < 4.78 is 22.7. The molecule has 0 radical (unpaired) electrons. The van der Waals surface area contributed by atoms with Crippen LogP contribution < -0.4 is 5.32 Å². The molecule has 1 aliphatic rings. The highest BCUT2D eigenvalue weighted by molar-refractivity contribution is 7.90. The van der Waals surface area contributed by atoms with E-state index in [9.17, 15) is 8.42 Å². The van der Waals surface area contributed by atoms with Crippen molar-refractivity contribution in [3.63, 3.8) is 0 Å². The molecule has 1 saturated carbocycles. The minimum atomic E-state index is -3.09. The Morgan fingerprint density at radius 2 is 1.89 bits per heavy atom. The van der Waals surface area contributed by atoms with Gasteiger partial charge in [0.2, 0.25) is 0 Å². The lowest BCUT2D eigenvalue weighted by atomic mass is 9.82. The van der Waals surface area contributed by atoms with Gasteiger partial charge in [-0.3, -0.25) is 0 Å². The third-order valence-electron chi connectivity index (χ3n) is 3.92. The van der Waals surface area contributed by atoms with E-state index in [0.717, 1.165) is 24.1 Å². The molecule has 0 aliphatic heterocycles. The second kappa shape index (κ2) is 5.95. The average Bonchev–Trinajstić information content (AvgIpc) is 2.36. The van der Waals surface area contributed by atoms with E-state index in [1.54, 1.807) is 12.1 Å². The summed E-state index contributed by atoms with van der Waals surface area (Å²) in [6.45, 7) is 3.32. The molecule has 106 valence electrons. The lowest BCUT2D eigenvalue weighted by Gasteiger charge is -2.27. The number of rotatable bonds is 4. The van der Waals surface area contributed by atoms with E-state index in [4.69, 9.17) is 0 Å². The molecule has 0 amide bonds. The fourth-order valence-electron chi connectivity index (χ4n) is 2.83. The molecule has 1 aromatic carbocycles. The number of benzene rings is 1. The van der Waals surface area contributed by atoms with Crippen molar-refractivity contribution in [3.8, 4) is 0 Å². The maximum absolute atomic E-state index is 11.4. The number of nitrogens with one attached hydrogen (secondary N) is 1. The van der Waals surface area contributed by atoms with Crippen molar-refractivity contribution in [2.75, 3.05) is 18.1 Å². The monoisotopic (exact) mass is 281 g/mol. The van der Waals surface area contributed by atoms with Gasteiger partial charge in [-0.05, 0) is 48.9 Å². The zero-order valence-corrected chi connectivity index (χ0v) is 12.5. The fraction of sp³-hybridized carbons (Fsp3) is 0.600. The zero-order chi connectivity index (χ0) is 13.9. The van der Waals surface area contributed by atoms with Crippen LogP contribution in [0.15, 0.2) is 29.2 Å². The SMILES string of the molecule is CC1CCCC(CNc2ccc(S(C)(=O)=O)cc2)C1. The zero-order valence-electron chi connectivity index (χ0n) is 11.7. The van der Waals surface area contributed by atoms with Crippen molar-refractivity contribution in [2.45, 2.75) is 37.5 Å². The predicted molar refractivity (Wildman–Crippen MR) is 79.2 cm³/mol. The van der Waals surface area contributed by atoms with Gasteiger partial charge in [-0.25, -0.2) is 8.42 Å². The number of hydrogen-bond donors (Lipinski definition) is 1. The number of anilines is 1. The number of hydrogen-bond acceptors (Lipinski definition) is 3. The Morgan fingerprint density at radius 1 is 1.21 bits per heavy atom. The van der Waals surface area contributed by atoms with Crippen LogP contribution >= 0.6 is 0 Å². The molecule has 19 heavy (non-hydrogen) atoms. The van der Waals surface area contributed by atoms with Gasteiger partial charge in [-0.1, -0.05) is 19.8 Å². The summed E-state index contributed by atoms with van der Waals surface area (Å²) in [6, 6.07) is 7.04. The third kappa shape index (κ3) is 4.23. The van der Waals surface area contributed by atoms with E-state index in [0.29, 0.717) is 4.90 Å². The Balaban J connectivity index is 1.89. The first kappa shape index (κ1) is 14.4. The van der Waals surface area contributed by atoms with E-state index < -0.39 is 9.84 Å². The molecular weight excluding hydrogens is 258 g/mol. The first-order chi connectivity index (χ1) is 8.95. The Labute approximate surface area is 116 Å². The normalized spacial score (nSPS) is 24.1. The summed E-state index contributed by atoms with van der Waals surface area (Å²) in [6.07, 6.45) is 6.53. The van der Waals surface area contributed by atoms with Crippen LogP contribution in [0.4, 0.5) is 5.69 Å². The van der Waals surface area contributed by atoms with Gasteiger partial charge in [0.05, 0.1) is 4.90 Å². The Morgan fingerprint density at radius 3 is 2.47 bits per heavy atom. The molecule has 3 nitrogen and oxygen atoms in total. The summed E-state index contributed by atoms with van der Waals surface area (Å²) in [5.41, 5.74) is 1.01. The van der Waals surface area contributed by atoms with Crippen molar-refractivity contribution < 1.29 is 8.42 Å². The highest BCUT2D eigenvalue weighted by Crippen LogP contribution is 2.28. The van der Waals surface area contributed by atoms with Crippen molar-refractivity contribution >= 4 is 15.5 Å². The molecule has 2 unspecified atom stereocenters. The van der Waals surface area contributed by atoms with E-state index in [2.05, 4.69) is 12.2 Å². The Bertz CT molecular complexity index is 507. The van der Waals surface area contributed by atoms with Crippen LogP contribution in [0.25, 0.3) is 0 Å². The minimum Gasteiger partial charge on any atom is -0.385 e. The Kier molecular flexibility index (Phi) is 4.50. The molecule has 1 aromatic rings. The molecule has 0 heterocycles. The van der Waals surface area contributed by atoms with Gasteiger partial charge >= 0.3 is 0 Å². The topological polar surface area (TPSA) is 46.2 Å². The maximum atomic E-state index is 11.4. The molecule has 2 atom stereocenters. The number of sulfone groups is 1. The molecule has 0 saturated heterocycles. The molecule has 0 spiro atoms. The second-order valence-corrected chi connectivity index (χ2v) is 7.83. The van der Waals surface area contributed by atoms with Gasteiger partial charge in [0.1, 0.15) is 0 Å². The summed E-state index contributed by atoms with van der Waals surface area (Å²) >= 11 is 0. The molecule has 1 fully saturated rings. The van der Waals surface area contributed by atoms with E-state index in [1.165, 1.54) is 31.9 Å².